The maximum atomic E-state index is 9.34. The molecule has 2 rings (SSSR count). The Labute approximate surface area is 131 Å². The normalized spacial score (nSPS) is 11.3. The SMILES string of the molecule is Cc1cccc(C)c1OCCC(C#N)c1ccc(C#N)cc1. The van der Waals surface area contributed by atoms with Gasteiger partial charge in [0.2, 0.25) is 0 Å². The summed E-state index contributed by atoms with van der Waals surface area (Å²) in [5, 5.41) is 18.2. The molecule has 22 heavy (non-hydrogen) atoms. The first kappa shape index (κ1) is 15.6. The highest BCUT2D eigenvalue weighted by Crippen LogP contribution is 2.24. The van der Waals surface area contributed by atoms with Gasteiger partial charge in [-0.1, -0.05) is 30.3 Å². The third-order valence-electron chi connectivity index (χ3n) is 3.66. The minimum absolute atomic E-state index is 0.225. The molecule has 0 amide bonds. The average molecular weight is 290 g/mol. The van der Waals surface area contributed by atoms with Crippen LogP contribution in [0.25, 0.3) is 0 Å². The van der Waals surface area contributed by atoms with Gasteiger partial charge in [-0.15, -0.1) is 0 Å². The van der Waals surface area contributed by atoms with Gasteiger partial charge in [-0.3, -0.25) is 0 Å². The van der Waals surface area contributed by atoms with Crippen molar-refractivity contribution in [2.75, 3.05) is 6.61 Å². The third-order valence-corrected chi connectivity index (χ3v) is 3.66. The van der Waals surface area contributed by atoms with E-state index in [0.717, 1.165) is 22.4 Å². The first-order valence-electron chi connectivity index (χ1n) is 7.24. The standard InChI is InChI=1S/C19H18N2O/c1-14-4-3-5-15(2)19(14)22-11-10-18(13-21)17-8-6-16(12-20)7-9-17/h3-9,18H,10-11H2,1-2H3. The number of ether oxygens (including phenoxy) is 1. The number of para-hydroxylation sites is 1. The van der Waals surface area contributed by atoms with Gasteiger partial charge in [0.05, 0.1) is 30.2 Å². The van der Waals surface area contributed by atoms with Crippen molar-refractivity contribution >= 4 is 0 Å². The molecule has 110 valence electrons. The van der Waals surface area contributed by atoms with Gasteiger partial charge in [0, 0.05) is 6.42 Å². The minimum Gasteiger partial charge on any atom is -0.493 e. The van der Waals surface area contributed by atoms with Crippen LogP contribution in [0, 0.1) is 36.5 Å². The van der Waals surface area contributed by atoms with E-state index in [2.05, 4.69) is 12.1 Å². The van der Waals surface area contributed by atoms with E-state index in [1.165, 1.54) is 0 Å². The highest BCUT2D eigenvalue weighted by atomic mass is 16.5. The summed E-state index contributed by atoms with van der Waals surface area (Å²) in [6, 6.07) is 17.6. The second-order valence-electron chi connectivity index (χ2n) is 5.27. The maximum Gasteiger partial charge on any atom is 0.125 e. The van der Waals surface area contributed by atoms with Gasteiger partial charge in [0.15, 0.2) is 0 Å². The zero-order chi connectivity index (χ0) is 15.9. The van der Waals surface area contributed by atoms with Crippen molar-refractivity contribution in [2.45, 2.75) is 26.2 Å². The molecule has 3 nitrogen and oxygen atoms in total. The molecule has 1 unspecified atom stereocenters. The number of rotatable bonds is 5. The van der Waals surface area contributed by atoms with Crippen molar-refractivity contribution in [1.29, 1.82) is 10.5 Å². The molecule has 2 aromatic carbocycles. The van der Waals surface area contributed by atoms with Gasteiger partial charge in [-0.2, -0.15) is 10.5 Å². The summed E-state index contributed by atoms with van der Waals surface area (Å²) >= 11 is 0. The van der Waals surface area contributed by atoms with Gasteiger partial charge >= 0.3 is 0 Å². The Hall–Kier alpha value is -2.78. The molecule has 1 atom stereocenters. The monoisotopic (exact) mass is 290 g/mol. The molecule has 0 aliphatic rings. The fourth-order valence-corrected chi connectivity index (χ4v) is 2.40. The van der Waals surface area contributed by atoms with Gasteiger partial charge in [-0.05, 0) is 42.7 Å². The Bertz CT molecular complexity index is 700. The maximum absolute atomic E-state index is 9.34. The van der Waals surface area contributed by atoms with Gasteiger partial charge < -0.3 is 4.74 Å². The quantitative estimate of drug-likeness (QED) is 0.827. The number of hydrogen-bond donors (Lipinski definition) is 0. The molecule has 0 radical (unpaired) electrons. The molecule has 0 aliphatic carbocycles. The summed E-state index contributed by atoms with van der Waals surface area (Å²) < 4.78 is 5.86. The molecule has 0 spiro atoms. The topological polar surface area (TPSA) is 56.8 Å². The van der Waals surface area contributed by atoms with E-state index in [4.69, 9.17) is 10.00 Å². The van der Waals surface area contributed by atoms with Crippen LogP contribution in [0.1, 0.15) is 34.6 Å². The molecular formula is C19H18N2O. The highest BCUT2D eigenvalue weighted by molar-refractivity contribution is 5.39. The van der Waals surface area contributed by atoms with Crippen molar-refractivity contribution in [3.8, 4) is 17.9 Å². The molecule has 0 aliphatic heterocycles. The molecule has 3 heteroatoms. The Morgan fingerprint density at radius 3 is 2.18 bits per heavy atom. The molecule has 0 N–H and O–H groups in total. The average Bonchev–Trinajstić information content (AvgIpc) is 2.54. The lowest BCUT2D eigenvalue weighted by Gasteiger charge is -2.14. The molecule has 0 bridgehead atoms. The fourth-order valence-electron chi connectivity index (χ4n) is 2.40. The predicted octanol–water partition coefficient (Wildman–Crippen LogP) is 4.25. The van der Waals surface area contributed by atoms with Gasteiger partial charge in [0.25, 0.3) is 0 Å². The van der Waals surface area contributed by atoms with Crippen LogP contribution in [0.15, 0.2) is 42.5 Å². The third kappa shape index (κ3) is 3.65. The lowest BCUT2D eigenvalue weighted by Crippen LogP contribution is -2.06. The Balaban J connectivity index is 2.00. The summed E-state index contributed by atoms with van der Waals surface area (Å²) in [7, 11) is 0. The Morgan fingerprint density at radius 2 is 1.64 bits per heavy atom. The van der Waals surface area contributed by atoms with Crippen LogP contribution < -0.4 is 4.74 Å². The van der Waals surface area contributed by atoms with E-state index in [-0.39, 0.29) is 5.92 Å². The molecule has 0 saturated heterocycles. The fraction of sp³-hybridized carbons (Fsp3) is 0.263. The van der Waals surface area contributed by atoms with Crippen LogP contribution >= 0.6 is 0 Å². The number of nitriles is 2. The number of hydrogen-bond acceptors (Lipinski definition) is 3. The first-order valence-corrected chi connectivity index (χ1v) is 7.24. The highest BCUT2D eigenvalue weighted by Gasteiger charge is 2.12. The summed E-state index contributed by atoms with van der Waals surface area (Å²) in [5.41, 5.74) is 3.73. The summed E-state index contributed by atoms with van der Waals surface area (Å²) in [5.74, 6) is 0.677. The van der Waals surface area contributed by atoms with Crippen LogP contribution in [0.4, 0.5) is 0 Å². The zero-order valence-corrected chi connectivity index (χ0v) is 12.8. The lowest BCUT2D eigenvalue weighted by molar-refractivity contribution is 0.302. The van der Waals surface area contributed by atoms with Crippen molar-refractivity contribution in [3.63, 3.8) is 0 Å². The van der Waals surface area contributed by atoms with Gasteiger partial charge in [-0.25, -0.2) is 0 Å². The van der Waals surface area contributed by atoms with E-state index in [1.54, 1.807) is 12.1 Å². The second-order valence-corrected chi connectivity index (χ2v) is 5.27. The van der Waals surface area contributed by atoms with Gasteiger partial charge in [0.1, 0.15) is 5.75 Å². The number of aryl methyl sites for hydroxylation is 2. The van der Waals surface area contributed by atoms with Crippen molar-refractivity contribution in [2.24, 2.45) is 0 Å². The molecule has 0 aromatic heterocycles. The minimum atomic E-state index is -0.225. The van der Waals surface area contributed by atoms with Crippen molar-refractivity contribution in [1.82, 2.24) is 0 Å². The summed E-state index contributed by atoms with van der Waals surface area (Å²) in [6.07, 6.45) is 0.621. The molecule has 2 aromatic rings. The lowest BCUT2D eigenvalue weighted by atomic mass is 9.97. The molecule has 0 fully saturated rings. The largest absolute Gasteiger partial charge is 0.493 e. The van der Waals surface area contributed by atoms with Crippen LogP contribution in [0.3, 0.4) is 0 Å². The molecule has 0 saturated carbocycles. The van der Waals surface area contributed by atoms with E-state index in [9.17, 15) is 5.26 Å². The first-order chi connectivity index (χ1) is 10.7. The number of nitrogens with zero attached hydrogens (tertiary/aromatic N) is 2. The van der Waals surface area contributed by atoms with E-state index in [0.29, 0.717) is 18.6 Å². The second kappa shape index (κ2) is 7.29. The summed E-state index contributed by atoms with van der Waals surface area (Å²) in [4.78, 5) is 0. The van der Waals surface area contributed by atoms with Crippen LogP contribution in [-0.4, -0.2) is 6.61 Å². The molecular weight excluding hydrogens is 272 g/mol. The van der Waals surface area contributed by atoms with E-state index in [1.807, 2.05) is 44.2 Å². The molecule has 0 heterocycles. The van der Waals surface area contributed by atoms with E-state index >= 15 is 0 Å². The smallest absolute Gasteiger partial charge is 0.125 e. The zero-order valence-electron chi connectivity index (χ0n) is 12.8. The van der Waals surface area contributed by atoms with Crippen LogP contribution in [-0.2, 0) is 0 Å². The van der Waals surface area contributed by atoms with E-state index < -0.39 is 0 Å². The predicted molar refractivity (Wildman–Crippen MR) is 85.5 cm³/mol. The summed E-state index contributed by atoms with van der Waals surface area (Å²) in [6.45, 7) is 4.53. The van der Waals surface area contributed by atoms with Crippen molar-refractivity contribution < 1.29 is 4.74 Å². The van der Waals surface area contributed by atoms with Crippen molar-refractivity contribution in [3.05, 3.63) is 64.7 Å². The van der Waals surface area contributed by atoms with Crippen LogP contribution in [0.5, 0.6) is 5.75 Å². The Kier molecular flexibility index (Phi) is 5.17. The van der Waals surface area contributed by atoms with Crippen LogP contribution in [0.2, 0.25) is 0 Å². The Morgan fingerprint density at radius 1 is 1.00 bits per heavy atom. The number of benzene rings is 2.